The third-order valence-electron chi connectivity index (χ3n) is 1.31. The molecule has 0 bridgehead atoms. The molecule has 68 valence electrons. The minimum atomic E-state index is -0.768. The van der Waals surface area contributed by atoms with Gasteiger partial charge in [-0.2, -0.15) is 15.5 Å². The average Bonchev–Trinajstić information content (AvgIpc) is 2.02. The van der Waals surface area contributed by atoms with E-state index in [0.717, 1.165) is 0 Å². The fourth-order valence-electron chi connectivity index (χ4n) is 0.309. The molecule has 0 saturated heterocycles. The Morgan fingerprint density at radius 3 is 2.00 bits per heavy atom. The molecule has 0 fully saturated rings. The Kier molecular flexibility index (Phi) is 3.35. The van der Waals surface area contributed by atoms with Crippen LogP contribution in [-0.2, 0) is 4.74 Å². The summed E-state index contributed by atoms with van der Waals surface area (Å²) in [6.07, 6.45) is 0. The summed E-state index contributed by atoms with van der Waals surface area (Å²) in [5.41, 5.74) is -1.41. The topological polar surface area (TPSA) is 57.7 Å². The van der Waals surface area contributed by atoms with Gasteiger partial charge in [0.05, 0.1) is 6.07 Å². The van der Waals surface area contributed by atoms with E-state index >= 15 is 0 Å². The zero-order valence-corrected chi connectivity index (χ0v) is 8.25. The molecule has 0 rings (SSSR count). The zero-order valence-electron chi connectivity index (χ0n) is 8.25. The average molecular weight is 169 g/mol. The number of nitriles is 1. The fourth-order valence-corrected chi connectivity index (χ4v) is 0.309. The highest BCUT2D eigenvalue weighted by atomic mass is 16.5. The largest absolute Gasteiger partial charge is 0.356 e. The summed E-state index contributed by atoms with van der Waals surface area (Å²) in [4.78, 5) is 0. The first-order valence-electron chi connectivity index (χ1n) is 3.73. The number of nitrogens with zero attached hydrogens (tertiary/aromatic N) is 3. The Bertz CT molecular complexity index is 213. The van der Waals surface area contributed by atoms with E-state index in [1.807, 2.05) is 6.07 Å². The van der Waals surface area contributed by atoms with Crippen LogP contribution in [0, 0.1) is 11.3 Å². The van der Waals surface area contributed by atoms with Gasteiger partial charge in [-0.3, -0.25) is 0 Å². The molecule has 0 saturated carbocycles. The third-order valence-corrected chi connectivity index (χ3v) is 1.31. The number of ether oxygens (including phenoxy) is 1. The lowest BCUT2D eigenvalue weighted by Crippen LogP contribution is -2.21. The van der Waals surface area contributed by atoms with Crippen LogP contribution in [0.2, 0.25) is 0 Å². The van der Waals surface area contributed by atoms with Gasteiger partial charge in [-0.1, -0.05) is 0 Å². The molecule has 0 aromatic heterocycles. The Hall–Kier alpha value is -0.950. The summed E-state index contributed by atoms with van der Waals surface area (Å²) in [5.74, 6) is 0. The smallest absolute Gasteiger partial charge is 0.172 e. The van der Waals surface area contributed by atoms with E-state index in [2.05, 4.69) is 10.2 Å². The molecule has 0 amide bonds. The number of rotatable bonds is 3. The van der Waals surface area contributed by atoms with Crippen molar-refractivity contribution < 1.29 is 4.74 Å². The summed E-state index contributed by atoms with van der Waals surface area (Å²) in [6, 6.07) is 2.02. The molecule has 4 nitrogen and oxygen atoms in total. The summed E-state index contributed by atoms with van der Waals surface area (Å²) >= 11 is 0. The van der Waals surface area contributed by atoms with Crippen LogP contribution in [0.1, 0.15) is 27.7 Å². The van der Waals surface area contributed by atoms with Gasteiger partial charge < -0.3 is 4.74 Å². The van der Waals surface area contributed by atoms with Crippen LogP contribution in [0.15, 0.2) is 10.2 Å². The second-order valence-corrected chi connectivity index (χ2v) is 3.52. The zero-order chi connectivity index (χ0) is 9.83. The Balaban J connectivity index is 4.36. The maximum absolute atomic E-state index is 8.62. The van der Waals surface area contributed by atoms with Crippen molar-refractivity contribution >= 4 is 0 Å². The van der Waals surface area contributed by atoms with Gasteiger partial charge in [-0.05, 0) is 27.7 Å². The van der Waals surface area contributed by atoms with Gasteiger partial charge in [-0.25, -0.2) is 0 Å². The molecule has 12 heavy (non-hydrogen) atoms. The van der Waals surface area contributed by atoms with Gasteiger partial charge in [-0.15, -0.1) is 0 Å². The summed E-state index contributed by atoms with van der Waals surface area (Å²) in [7, 11) is 1.55. The summed E-state index contributed by atoms with van der Waals surface area (Å²) in [5, 5.41) is 16.4. The molecule has 0 N–H and O–H groups in total. The van der Waals surface area contributed by atoms with Crippen LogP contribution in [0.3, 0.4) is 0 Å². The van der Waals surface area contributed by atoms with E-state index in [9.17, 15) is 0 Å². The fraction of sp³-hybridized carbons (Fsp3) is 0.875. The predicted molar refractivity (Wildman–Crippen MR) is 45.6 cm³/mol. The van der Waals surface area contributed by atoms with E-state index in [4.69, 9.17) is 10.00 Å². The van der Waals surface area contributed by atoms with Crippen molar-refractivity contribution in [3.05, 3.63) is 0 Å². The summed E-state index contributed by atoms with van der Waals surface area (Å²) < 4.78 is 5.01. The molecule has 0 atom stereocenters. The van der Waals surface area contributed by atoms with E-state index < -0.39 is 11.3 Å². The van der Waals surface area contributed by atoms with E-state index in [-0.39, 0.29) is 0 Å². The van der Waals surface area contributed by atoms with Crippen molar-refractivity contribution in [1.29, 1.82) is 5.26 Å². The van der Waals surface area contributed by atoms with Crippen LogP contribution >= 0.6 is 0 Å². The van der Waals surface area contributed by atoms with E-state index in [1.165, 1.54) is 0 Å². The van der Waals surface area contributed by atoms with Crippen LogP contribution < -0.4 is 0 Å². The Labute approximate surface area is 73.2 Å². The van der Waals surface area contributed by atoms with Gasteiger partial charge in [0.25, 0.3) is 0 Å². The molecule has 0 spiro atoms. The lowest BCUT2D eigenvalue weighted by atomic mass is 10.1. The molecule has 0 aromatic rings. The lowest BCUT2D eigenvalue weighted by molar-refractivity contribution is 0.0225. The van der Waals surface area contributed by atoms with Crippen LogP contribution in [0.25, 0.3) is 0 Å². The van der Waals surface area contributed by atoms with Crippen LogP contribution in [0.4, 0.5) is 0 Å². The molecular weight excluding hydrogens is 154 g/mol. The molecule has 0 aliphatic rings. The van der Waals surface area contributed by atoms with Gasteiger partial charge >= 0.3 is 0 Å². The molecule has 0 radical (unpaired) electrons. The number of methoxy groups -OCH3 is 1. The molecule has 0 unspecified atom stereocenters. The maximum atomic E-state index is 8.62. The van der Waals surface area contributed by atoms with E-state index in [0.29, 0.717) is 0 Å². The van der Waals surface area contributed by atoms with Gasteiger partial charge in [0.2, 0.25) is 0 Å². The molecule has 4 heteroatoms. The van der Waals surface area contributed by atoms with Crippen molar-refractivity contribution in [2.24, 2.45) is 10.2 Å². The number of azo groups is 1. The van der Waals surface area contributed by atoms with Gasteiger partial charge in [0.1, 0.15) is 0 Å². The van der Waals surface area contributed by atoms with Crippen LogP contribution in [0.5, 0.6) is 0 Å². The SMILES string of the molecule is COC(C)(C)N=NC(C)(C)C#N. The van der Waals surface area contributed by atoms with Gasteiger partial charge in [0.15, 0.2) is 11.3 Å². The second-order valence-electron chi connectivity index (χ2n) is 3.52. The Morgan fingerprint density at radius 1 is 1.17 bits per heavy atom. The molecule has 0 heterocycles. The second kappa shape index (κ2) is 3.63. The molecular formula is C8H15N3O. The molecule has 0 aliphatic heterocycles. The predicted octanol–water partition coefficient (Wildman–Crippen LogP) is 2.12. The van der Waals surface area contributed by atoms with Crippen molar-refractivity contribution in [1.82, 2.24) is 0 Å². The normalized spacial score (nSPS) is 13.3. The quantitative estimate of drug-likeness (QED) is 0.607. The number of hydrogen-bond donors (Lipinski definition) is 0. The monoisotopic (exact) mass is 169 g/mol. The number of hydrogen-bond acceptors (Lipinski definition) is 4. The highest BCUT2D eigenvalue weighted by Gasteiger charge is 2.19. The highest BCUT2D eigenvalue weighted by molar-refractivity contribution is 4.99. The van der Waals surface area contributed by atoms with Crippen molar-refractivity contribution in [2.45, 2.75) is 39.0 Å². The maximum Gasteiger partial charge on any atom is 0.172 e. The van der Waals surface area contributed by atoms with E-state index in [1.54, 1.807) is 34.8 Å². The minimum Gasteiger partial charge on any atom is -0.356 e. The van der Waals surface area contributed by atoms with Crippen molar-refractivity contribution in [3.8, 4) is 6.07 Å². The molecule has 0 aliphatic carbocycles. The minimum absolute atomic E-state index is 0.645. The first-order valence-corrected chi connectivity index (χ1v) is 3.73. The first kappa shape index (κ1) is 11.1. The molecule has 0 aromatic carbocycles. The Morgan fingerprint density at radius 2 is 1.67 bits per heavy atom. The van der Waals surface area contributed by atoms with Gasteiger partial charge in [0, 0.05) is 7.11 Å². The van der Waals surface area contributed by atoms with Crippen LogP contribution in [-0.4, -0.2) is 18.4 Å². The third kappa shape index (κ3) is 4.04. The first-order chi connectivity index (χ1) is 5.33. The lowest BCUT2D eigenvalue weighted by Gasteiger charge is -2.17. The van der Waals surface area contributed by atoms with Crippen molar-refractivity contribution in [2.75, 3.05) is 7.11 Å². The standard InChI is InChI=1S/C8H15N3O/c1-7(2,6-9)10-11-8(3,4)12-5/h1-5H3. The van der Waals surface area contributed by atoms with Crippen molar-refractivity contribution in [3.63, 3.8) is 0 Å². The highest BCUT2D eigenvalue weighted by Crippen LogP contribution is 2.14. The summed E-state index contributed by atoms with van der Waals surface area (Å²) in [6.45, 7) is 6.96.